The molecular weight excluding hydrogens is 220 g/mol. The van der Waals surface area contributed by atoms with Gasteiger partial charge in [-0.05, 0) is 5.56 Å². The minimum absolute atomic E-state index is 0.285. The summed E-state index contributed by atoms with van der Waals surface area (Å²) in [6.07, 6.45) is 0.340. The molecule has 17 heavy (non-hydrogen) atoms. The van der Waals surface area contributed by atoms with Crippen LogP contribution in [0, 0.1) is 0 Å². The first-order chi connectivity index (χ1) is 8.00. The number of carboxylic acid groups (broad SMARTS) is 1. The van der Waals surface area contributed by atoms with Crippen molar-refractivity contribution in [3.8, 4) is 0 Å². The van der Waals surface area contributed by atoms with Gasteiger partial charge in [-0.1, -0.05) is 30.3 Å². The van der Waals surface area contributed by atoms with Crippen molar-refractivity contribution in [3.63, 3.8) is 0 Å². The van der Waals surface area contributed by atoms with E-state index in [9.17, 15) is 9.59 Å². The fourth-order valence-corrected chi connectivity index (χ4v) is 1.55. The SMILES string of the molecule is CC(=O)NN(C)C(Cc1ccccc1)C(=O)O. The molecule has 0 aromatic heterocycles. The Morgan fingerprint density at radius 1 is 1.35 bits per heavy atom. The highest BCUT2D eigenvalue weighted by molar-refractivity contribution is 5.76. The first kappa shape index (κ1) is 13.2. The van der Waals surface area contributed by atoms with Crippen LogP contribution in [-0.4, -0.2) is 35.1 Å². The highest BCUT2D eigenvalue weighted by Gasteiger charge is 2.23. The number of hydrogen-bond acceptors (Lipinski definition) is 3. The molecule has 0 fully saturated rings. The van der Waals surface area contributed by atoms with Gasteiger partial charge in [-0.3, -0.25) is 15.0 Å². The van der Waals surface area contributed by atoms with Crippen LogP contribution in [0.5, 0.6) is 0 Å². The Morgan fingerprint density at radius 3 is 2.41 bits per heavy atom. The van der Waals surface area contributed by atoms with Crippen molar-refractivity contribution in [2.45, 2.75) is 19.4 Å². The van der Waals surface area contributed by atoms with Crippen LogP contribution in [-0.2, 0) is 16.0 Å². The molecule has 0 aliphatic carbocycles. The monoisotopic (exact) mass is 236 g/mol. The third-order valence-corrected chi connectivity index (χ3v) is 2.36. The number of nitrogens with one attached hydrogen (secondary N) is 1. The Balaban J connectivity index is 2.73. The molecule has 1 rings (SSSR count). The Labute approximate surface area is 100 Å². The minimum atomic E-state index is -0.967. The molecule has 2 N–H and O–H groups in total. The van der Waals surface area contributed by atoms with Crippen LogP contribution in [0.25, 0.3) is 0 Å². The molecule has 1 unspecified atom stereocenters. The van der Waals surface area contributed by atoms with E-state index in [1.165, 1.54) is 11.9 Å². The predicted molar refractivity (Wildman–Crippen MR) is 63.1 cm³/mol. The van der Waals surface area contributed by atoms with E-state index in [0.29, 0.717) is 6.42 Å². The molecule has 5 nitrogen and oxygen atoms in total. The summed E-state index contributed by atoms with van der Waals surface area (Å²) >= 11 is 0. The molecule has 0 radical (unpaired) electrons. The molecule has 0 heterocycles. The van der Waals surface area contributed by atoms with Crippen LogP contribution < -0.4 is 5.43 Å². The fourth-order valence-electron chi connectivity index (χ4n) is 1.55. The van der Waals surface area contributed by atoms with Crippen molar-refractivity contribution >= 4 is 11.9 Å². The largest absolute Gasteiger partial charge is 0.480 e. The Bertz CT molecular complexity index is 392. The third kappa shape index (κ3) is 4.24. The van der Waals surface area contributed by atoms with E-state index in [4.69, 9.17) is 5.11 Å². The number of carbonyl (C=O) groups is 2. The highest BCUT2D eigenvalue weighted by atomic mass is 16.4. The van der Waals surface area contributed by atoms with E-state index in [1.807, 2.05) is 30.3 Å². The lowest BCUT2D eigenvalue weighted by molar-refractivity contribution is -0.145. The molecule has 0 spiro atoms. The second-order valence-electron chi connectivity index (χ2n) is 3.82. The zero-order valence-corrected chi connectivity index (χ0v) is 9.88. The number of carbonyl (C=O) groups excluding carboxylic acids is 1. The van der Waals surface area contributed by atoms with Crippen LogP contribution >= 0.6 is 0 Å². The van der Waals surface area contributed by atoms with Crippen molar-refractivity contribution in [1.29, 1.82) is 0 Å². The molecule has 0 saturated heterocycles. The maximum absolute atomic E-state index is 11.1. The molecule has 0 aliphatic heterocycles. The summed E-state index contributed by atoms with van der Waals surface area (Å²) in [5.41, 5.74) is 3.37. The zero-order valence-electron chi connectivity index (χ0n) is 9.88. The van der Waals surface area contributed by atoms with Crippen LogP contribution in [0.2, 0.25) is 0 Å². The van der Waals surface area contributed by atoms with Crippen molar-refractivity contribution in [3.05, 3.63) is 35.9 Å². The van der Waals surface area contributed by atoms with Gasteiger partial charge in [-0.15, -0.1) is 0 Å². The smallest absolute Gasteiger partial charge is 0.323 e. The van der Waals surface area contributed by atoms with E-state index in [0.717, 1.165) is 5.56 Å². The van der Waals surface area contributed by atoms with E-state index in [-0.39, 0.29) is 5.91 Å². The summed E-state index contributed by atoms with van der Waals surface area (Å²) in [5, 5.41) is 10.4. The number of likely N-dealkylation sites (N-methyl/N-ethyl adjacent to an activating group) is 1. The van der Waals surface area contributed by atoms with Crippen LogP contribution in [0.3, 0.4) is 0 Å². The van der Waals surface area contributed by atoms with E-state index in [2.05, 4.69) is 5.43 Å². The Kier molecular flexibility index (Phi) is 4.66. The molecule has 1 aromatic rings. The summed E-state index contributed by atoms with van der Waals surface area (Å²) in [6.45, 7) is 1.35. The van der Waals surface area contributed by atoms with Crippen LogP contribution in [0.4, 0.5) is 0 Å². The summed E-state index contributed by atoms with van der Waals surface area (Å²) in [4.78, 5) is 22.0. The van der Waals surface area contributed by atoms with Crippen molar-refractivity contribution in [1.82, 2.24) is 10.4 Å². The topological polar surface area (TPSA) is 69.6 Å². The first-order valence-electron chi connectivity index (χ1n) is 5.27. The molecule has 1 atom stereocenters. The Morgan fingerprint density at radius 2 is 1.94 bits per heavy atom. The van der Waals surface area contributed by atoms with Crippen molar-refractivity contribution in [2.24, 2.45) is 0 Å². The zero-order chi connectivity index (χ0) is 12.8. The molecule has 0 aliphatic rings. The molecule has 92 valence electrons. The van der Waals surface area contributed by atoms with E-state index in [1.54, 1.807) is 7.05 Å². The highest BCUT2D eigenvalue weighted by Crippen LogP contribution is 2.06. The fraction of sp³-hybridized carbons (Fsp3) is 0.333. The summed E-state index contributed by atoms with van der Waals surface area (Å²) in [7, 11) is 1.54. The number of amides is 1. The van der Waals surface area contributed by atoms with Gasteiger partial charge in [0, 0.05) is 20.4 Å². The number of benzene rings is 1. The van der Waals surface area contributed by atoms with Gasteiger partial charge in [-0.25, -0.2) is 5.01 Å². The average molecular weight is 236 g/mol. The maximum Gasteiger partial charge on any atom is 0.323 e. The molecular formula is C12H16N2O3. The van der Waals surface area contributed by atoms with Gasteiger partial charge in [-0.2, -0.15) is 0 Å². The molecule has 1 amide bonds. The molecule has 0 saturated carbocycles. The third-order valence-electron chi connectivity index (χ3n) is 2.36. The molecule has 1 aromatic carbocycles. The summed E-state index contributed by atoms with van der Waals surface area (Å²) in [5.74, 6) is -1.25. The van der Waals surface area contributed by atoms with E-state index >= 15 is 0 Å². The van der Waals surface area contributed by atoms with Gasteiger partial charge in [0.25, 0.3) is 0 Å². The molecule has 0 bridgehead atoms. The van der Waals surface area contributed by atoms with Gasteiger partial charge >= 0.3 is 5.97 Å². The van der Waals surface area contributed by atoms with E-state index < -0.39 is 12.0 Å². The normalized spacial score (nSPS) is 12.2. The van der Waals surface area contributed by atoms with Gasteiger partial charge in [0.1, 0.15) is 6.04 Å². The van der Waals surface area contributed by atoms with Gasteiger partial charge < -0.3 is 5.11 Å². The van der Waals surface area contributed by atoms with Gasteiger partial charge in [0.2, 0.25) is 5.91 Å². The van der Waals surface area contributed by atoms with Gasteiger partial charge in [0.15, 0.2) is 0 Å². The minimum Gasteiger partial charge on any atom is -0.480 e. The second-order valence-corrected chi connectivity index (χ2v) is 3.82. The van der Waals surface area contributed by atoms with Crippen molar-refractivity contribution in [2.75, 3.05) is 7.05 Å². The average Bonchev–Trinajstić information content (AvgIpc) is 2.25. The number of hydrogen-bond donors (Lipinski definition) is 2. The van der Waals surface area contributed by atoms with Crippen LogP contribution in [0.1, 0.15) is 12.5 Å². The maximum atomic E-state index is 11.1. The number of aliphatic carboxylic acids is 1. The quantitative estimate of drug-likeness (QED) is 0.737. The summed E-state index contributed by atoms with van der Waals surface area (Å²) < 4.78 is 0. The lowest BCUT2D eigenvalue weighted by Crippen LogP contribution is -2.49. The number of nitrogens with zero attached hydrogens (tertiary/aromatic N) is 1. The standard InChI is InChI=1S/C12H16N2O3/c1-9(15)13-14(2)11(12(16)17)8-10-6-4-3-5-7-10/h3-7,11H,8H2,1-2H3,(H,13,15)(H,16,17). The first-order valence-corrected chi connectivity index (χ1v) is 5.27. The Hall–Kier alpha value is -1.88. The number of rotatable bonds is 5. The second kappa shape index (κ2) is 6.00. The van der Waals surface area contributed by atoms with Gasteiger partial charge in [0.05, 0.1) is 0 Å². The predicted octanol–water partition coefficient (Wildman–Crippen LogP) is 0.665. The molecule has 5 heteroatoms. The number of carboxylic acids is 1. The lowest BCUT2D eigenvalue weighted by Gasteiger charge is -2.24. The van der Waals surface area contributed by atoms with Crippen LogP contribution in [0.15, 0.2) is 30.3 Å². The summed E-state index contributed by atoms with van der Waals surface area (Å²) in [6, 6.07) is 8.52. The lowest BCUT2D eigenvalue weighted by atomic mass is 10.1. The number of hydrazine groups is 1. The van der Waals surface area contributed by atoms with Crippen molar-refractivity contribution < 1.29 is 14.7 Å².